The van der Waals surface area contributed by atoms with Gasteiger partial charge in [0.05, 0.1) is 0 Å². The Kier molecular flexibility index (Phi) is 4.76. The lowest BCUT2D eigenvalue weighted by molar-refractivity contribution is 0.279. The van der Waals surface area contributed by atoms with E-state index in [1.807, 2.05) is 30.3 Å². The van der Waals surface area contributed by atoms with Crippen LogP contribution in [0.4, 0.5) is 0 Å². The molecule has 1 rings (SSSR count). The van der Waals surface area contributed by atoms with Crippen molar-refractivity contribution < 1.29 is 4.74 Å². The summed E-state index contributed by atoms with van der Waals surface area (Å²) in [6.07, 6.45) is 2.90. The number of rotatable bonds is 5. The third-order valence-corrected chi connectivity index (χ3v) is 2.01. The van der Waals surface area contributed by atoms with Crippen molar-refractivity contribution in [2.45, 2.75) is 32.8 Å². The summed E-state index contributed by atoms with van der Waals surface area (Å²) in [5, 5.41) is 7.52. The van der Waals surface area contributed by atoms with Crippen LogP contribution >= 0.6 is 0 Å². The van der Waals surface area contributed by atoms with Gasteiger partial charge in [0, 0.05) is 6.42 Å². The van der Waals surface area contributed by atoms with Crippen LogP contribution < -0.4 is 0 Å². The lowest BCUT2D eigenvalue weighted by Crippen LogP contribution is -2.02. The number of hydrogen-bond donors (Lipinski definition) is 1. The maximum atomic E-state index is 7.52. The summed E-state index contributed by atoms with van der Waals surface area (Å²) in [4.78, 5) is 0. The van der Waals surface area contributed by atoms with Gasteiger partial charge in [0.2, 0.25) is 0 Å². The van der Waals surface area contributed by atoms with Gasteiger partial charge in [-0.25, -0.2) is 0 Å². The zero-order valence-electron chi connectivity index (χ0n) is 8.62. The van der Waals surface area contributed by atoms with E-state index in [1.54, 1.807) is 0 Å². The number of benzene rings is 1. The fourth-order valence-corrected chi connectivity index (χ4v) is 1.15. The lowest BCUT2D eigenvalue weighted by atomic mass is 10.2. The first-order chi connectivity index (χ1) is 6.83. The molecular weight excluding hydrogens is 174 g/mol. The molecule has 0 saturated heterocycles. The van der Waals surface area contributed by atoms with E-state index in [4.69, 9.17) is 10.1 Å². The average Bonchev–Trinajstić information content (AvgIpc) is 2.25. The van der Waals surface area contributed by atoms with E-state index in [1.165, 1.54) is 0 Å². The minimum atomic E-state index is 0.399. The Morgan fingerprint density at radius 3 is 2.64 bits per heavy atom. The molecule has 0 fully saturated rings. The van der Waals surface area contributed by atoms with Crippen molar-refractivity contribution in [3.05, 3.63) is 35.9 Å². The van der Waals surface area contributed by atoms with Crippen LogP contribution in [0.2, 0.25) is 0 Å². The van der Waals surface area contributed by atoms with Crippen LogP contribution in [0, 0.1) is 5.41 Å². The van der Waals surface area contributed by atoms with Crippen molar-refractivity contribution in [1.82, 2.24) is 0 Å². The average molecular weight is 191 g/mol. The molecule has 0 saturated carbocycles. The van der Waals surface area contributed by atoms with Gasteiger partial charge in [-0.1, -0.05) is 43.7 Å². The third-order valence-electron chi connectivity index (χ3n) is 2.01. The molecule has 0 aromatic heterocycles. The van der Waals surface area contributed by atoms with Gasteiger partial charge in [-0.15, -0.1) is 0 Å². The zero-order valence-corrected chi connectivity index (χ0v) is 8.62. The van der Waals surface area contributed by atoms with Gasteiger partial charge in [-0.3, -0.25) is 5.41 Å². The van der Waals surface area contributed by atoms with Gasteiger partial charge >= 0.3 is 0 Å². The standard InChI is InChI=1S/C12H17NO/c1-2-3-9-12(13)14-10-11-7-5-4-6-8-11/h4-8,13H,2-3,9-10H2,1H3. The summed E-state index contributed by atoms with van der Waals surface area (Å²) in [7, 11) is 0. The summed E-state index contributed by atoms with van der Waals surface area (Å²) >= 11 is 0. The van der Waals surface area contributed by atoms with Crippen LogP contribution in [0.25, 0.3) is 0 Å². The molecule has 0 aliphatic heterocycles. The first kappa shape index (κ1) is 10.8. The van der Waals surface area contributed by atoms with Crippen molar-refractivity contribution in [3.8, 4) is 0 Å². The predicted molar refractivity (Wildman–Crippen MR) is 58.5 cm³/mol. The van der Waals surface area contributed by atoms with Crippen molar-refractivity contribution in [2.24, 2.45) is 0 Å². The predicted octanol–water partition coefficient (Wildman–Crippen LogP) is 3.37. The van der Waals surface area contributed by atoms with E-state index < -0.39 is 0 Å². The molecule has 1 aromatic rings. The molecule has 1 aromatic carbocycles. The Labute approximate surface area is 85.4 Å². The van der Waals surface area contributed by atoms with E-state index in [0.717, 1.165) is 24.8 Å². The van der Waals surface area contributed by atoms with Gasteiger partial charge in [0.25, 0.3) is 0 Å². The highest BCUT2D eigenvalue weighted by molar-refractivity contribution is 5.72. The quantitative estimate of drug-likeness (QED) is 0.561. The number of nitrogens with one attached hydrogen (secondary N) is 1. The number of hydrogen-bond acceptors (Lipinski definition) is 2. The van der Waals surface area contributed by atoms with Crippen LogP contribution in [-0.2, 0) is 11.3 Å². The molecule has 0 unspecified atom stereocenters. The second-order valence-electron chi connectivity index (χ2n) is 3.30. The summed E-state index contributed by atoms with van der Waals surface area (Å²) in [6.45, 7) is 2.63. The van der Waals surface area contributed by atoms with Crippen molar-refractivity contribution in [3.63, 3.8) is 0 Å². The smallest absolute Gasteiger partial charge is 0.180 e. The monoisotopic (exact) mass is 191 g/mol. The van der Waals surface area contributed by atoms with Crippen LogP contribution in [0.1, 0.15) is 31.7 Å². The first-order valence-electron chi connectivity index (χ1n) is 5.07. The molecule has 0 aliphatic carbocycles. The molecular formula is C12H17NO. The summed E-state index contributed by atoms with van der Waals surface area (Å²) in [5.74, 6) is 0.399. The third kappa shape index (κ3) is 4.08. The molecule has 0 spiro atoms. The SMILES string of the molecule is CCCCC(=N)OCc1ccccc1. The maximum Gasteiger partial charge on any atom is 0.180 e. The minimum absolute atomic E-state index is 0.399. The normalized spacial score (nSPS) is 9.79. The lowest BCUT2D eigenvalue weighted by Gasteiger charge is -2.06. The molecule has 2 heteroatoms. The molecule has 0 bridgehead atoms. The van der Waals surface area contributed by atoms with Crippen molar-refractivity contribution >= 4 is 5.90 Å². The van der Waals surface area contributed by atoms with E-state index in [0.29, 0.717) is 12.5 Å². The second kappa shape index (κ2) is 6.19. The van der Waals surface area contributed by atoms with Crippen molar-refractivity contribution in [2.75, 3.05) is 0 Å². The van der Waals surface area contributed by atoms with Crippen LogP contribution in [-0.4, -0.2) is 5.90 Å². The Morgan fingerprint density at radius 1 is 1.29 bits per heavy atom. The second-order valence-corrected chi connectivity index (χ2v) is 3.30. The van der Waals surface area contributed by atoms with Gasteiger partial charge < -0.3 is 4.74 Å². The molecule has 0 heterocycles. The molecule has 0 aliphatic rings. The molecule has 0 amide bonds. The van der Waals surface area contributed by atoms with Crippen LogP contribution in [0.5, 0.6) is 0 Å². The van der Waals surface area contributed by atoms with Gasteiger partial charge in [0.1, 0.15) is 6.61 Å². The molecule has 0 atom stereocenters. The maximum absolute atomic E-state index is 7.52. The van der Waals surface area contributed by atoms with E-state index in [2.05, 4.69) is 6.92 Å². The van der Waals surface area contributed by atoms with Gasteiger partial charge in [0.15, 0.2) is 5.90 Å². The highest BCUT2D eigenvalue weighted by Gasteiger charge is 1.97. The van der Waals surface area contributed by atoms with Crippen LogP contribution in [0.3, 0.4) is 0 Å². The summed E-state index contributed by atoms with van der Waals surface area (Å²) in [5.41, 5.74) is 1.12. The largest absolute Gasteiger partial charge is 0.476 e. The zero-order chi connectivity index (χ0) is 10.2. The van der Waals surface area contributed by atoms with E-state index >= 15 is 0 Å². The topological polar surface area (TPSA) is 33.1 Å². The van der Waals surface area contributed by atoms with E-state index in [9.17, 15) is 0 Å². The van der Waals surface area contributed by atoms with Crippen LogP contribution in [0.15, 0.2) is 30.3 Å². The van der Waals surface area contributed by atoms with Crippen molar-refractivity contribution in [1.29, 1.82) is 5.41 Å². The number of ether oxygens (including phenoxy) is 1. The first-order valence-corrected chi connectivity index (χ1v) is 5.07. The Bertz CT molecular complexity index is 269. The fraction of sp³-hybridized carbons (Fsp3) is 0.417. The van der Waals surface area contributed by atoms with Gasteiger partial charge in [-0.2, -0.15) is 0 Å². The van der Waals surface area contributed by atoms with E-state index in [-0.39, 0.29) is 0 Å². The Morgan fingerprint density at radius 2 is 2.00 bits per heavy atom. The summed E-state index contributed by atoms with van der Waals surface area (Å²) < 4.78 is 5.31. The van der Waals surface area contributed by atoms with Gasteiger partial charge in [-0.05, 0) is 12.0 Å². The molecule has 14 heavy (non-hydrogen) atoms. The molecule has 76 valence electrons. The summed E-state index contributed by atoms with van der Waals surface area (Å²) in [6, 6.07) is 9.95. The Hall–Kier alpha value is -1.31. The fourth-order valence-electron chi connectivity index (χ4n) is 1.15. The minimum Gasteiger partial charge on any atom is -0.476 e. The molecule has 1 N–H and O–H groups in total. The highest BCUT2D eigenvalue weighted by Crippen LogP contribution is 2.03. The Balaban J connectivity index is 2.24. The molecule has 0 radical (unpaired) electrons. The molecule has 2 nitrogen and oxygen atoms in total. The number of unbranched alkanes of at least 4 members (excludes halogenated alkanes) is 1. The highest BCUT2D eigenvalue weighted by atomic mass is 16.5.